The smallest absolute Gasteiger partial charge is 0.0878 e. The second kappa shape index (κ2) is 3.78. The lowest BCUT2D eigenvalue weighted by Crippen LogP contribution is -2.53. The number of nitrogens with zero attached hydrogens (tertiary/aromatic N) is 1. The van der Waals surface area contributed by atoms with Crippen LogP contribution in [-0.4, -0.2) is 35.3 Å². The number of hydrogen-bond acceptors (Lipinski definition) is 2. The number of hydroxylamine groups is 3. The zero-order valence-corrected chi connectivity index (χ0v) is 8.19. The van der Waals surface area contributed by atoms with Crippen LogP contribution in [-0.2, 0) is 0 Å². The van der Waals surface area contributed by atoms with Gasteiger partial charge in [-0.15, -0.1) is 0 Å². The van der Waals surface area contributed by atoms with Crippen molar-refractivity contribution in [2.45, 2.75) is 26.3 Å². The van der Waals surface area contributed by atoms with E-state index in [1.807, 2.05) is 11.8 Å². The van der Waals surface area contributed by atoms with Crippen molar-refractivity contribution in [3.63, 3.8) is 0 Å². The quantitative estimate of drug-likeness (QED) is 0.472. The highest BCUT2D eigenvalue weighted by atomic mass is 32.2. The molecule has 1 aliphatic heterocycles. The predicted octanol–water partition coefficient (Wildman–Crippen LogP) is 1.85. The van der Waals surface area contributed by atoms with E-state index in [9.17, 15) is 5.21 Å². The lowest BCUT2D eigenvalue weighted by Gasteiger charge is -2.49. The molecule has 11 heavy (non-hydrogen) atoms. The Morgan fingerprint density at radius 1 is 1.45 bits per heavy atom. The second-order valence-corrected chi connectivity index (χ2v) is 4.49. The fourth-order valence-corrected chi connectivity index (χ4v) is 2.51. The van der Waals surface area contributed by atoms with Gasteiger partial charge in [0.1, 0.15) is 0 Å². The Morgan fingerprint density at radius 2 is 2.00 bits per heavy atom. The first-order valence-corrected chi connectivity index (χ1v) is 5.50. The van der Waals surface area contributed by atoms with E-state index in [0.29, 0.717) is 6.04 Å². The second-order valence-electron chi connectivity index (χ2n) is 3.27. The molecule has 66 valence electrons. The summed E-state index contributed by atoms with van der Waals surface area (Å²) in [5.41, 5.74) is 0. The standard InChI is InChI=1S/C8H17NOS/c1-3-8(2)9(10)4-6-11-7-5-9/h8H,3-7H2,1-2H3. The van der Waals surface area contributed by atoms with Crippen molar-refractivity contribution < 1.29 is 4.65 Å². The summed E-state index contributed by atoms with van der Waals surface area (Å²) in [6.07, 6.45) is 1.01. The van der Waals surface area contributed by atoms with Crippen LogP contribution in [0, 0.1) is 5.21 Å². The zero-order chi connectivity index (χ0) is 8.32. The molecule has 1 fully saturated rings. The molecule has 0 aromatic carbocycles. The molecular formula is C8H17NOS. The molecule has 0 saturated carbocycles. The minimum Gasteiger partial charge on any atom is -0.633 e. The Balaban J connectivity index is 2.49. The first-order chi connectivity index (χ1) is 5.19. The van der Waals surface area contributed by atoms with Gasteiger partial charge in [-0.25, -0.2) is 0 Å². The molecule has 1 aliphatic rings. The summed E-state index contributed by atoms with van der Waals surface area (Å²) in [5.74, 6) is 2.10. The molecule has 2 nitrogen and oxygen atoms in total. The van der Waals surface area contributed by atoms with Crippen LogP contribution in [0.3, 0.4) is 0 Å². The van der Waals surface area contributed by atoms with E-state index in [1.165, 1.54) is 0 Å². The molecule has 0 aromatic heterocycles. The van der Waals surface area contributed by atoms with Crippen molar-refractivity contribution in [3.05, 3.63) is 5.21 Å². The average Bonchev–Trinajstić information content (AvgIpc) is 2.04. The van der Waals surface area contributed by atoms with Gasteiger partial charge >= 0.3 is 0 Å². The Hall–Kier alpha value is 0.270. The summed E-state index contributed by atoms with van der Waals surface area (Å²) in [7, 11) is 0. The SMILES string of the molecule is CCC(C)[N+]1([O-])CCSCC1. The van der Waals surface area contributed by atoms with Gasteiger partial charge in [-0.2, -0.15) is 11.8 Å². The van der Waals surface area contributed by atoms with Gasteiger partial charge in [-0.3, -0.25) is 0 Å². The van der Waals surface area contributed by atoms with Crippen molar-refractivity contribution in [2.24, 2.45) is 0 Å². The highest BCUT2D eigenvalue weighted by Gasteiger charge is 2.25. The van der Waals surface area contributed by atoms with Crippen LogP contribution in [0.2, 0.25) is 0 Å². The monoisotopic (exact) mass is 175 g/mol. The number of rotatable bonds is 2. The predicted molar refractivity (Wildman–Crippen MR) is 50.4 cm³/mol. The van der Waals surface area contributed by atoms with Gasteiger partial charge in [-0.05, 0) is 13.3 Å². The van der Waals surface area contributed by atoms with Crippen LogP contribution in [0.5, 0.6) is 0 Å². The van der Waals surface area contributed by atoms with Gasteiger partial charge in [0.05, 0.1) is 19.1 Å². The Morgan fingerprint density at radius 3 is 2.45 bits per heavy atom. The molecule has 3 heteroatoms. The molecule has 1 atom stereocenters. The molecule has 0 aromatic rings. The molecule has 1 saturated heterocycles. The largest absolute Gasteiger partial charge is 0.633 e. The normalized spacial score (nSPS) is 26.5. The molecule has 1 rings (SSSR count). The van der Waals surface area contributed by atoms with E-state index >= 15 is 0 Å². The number of thioether (sulfide) groups is 1. The minimum absolute atomic E-state index is 0.0590. The zero-order valence-electron chi connectivity index (χ0n) is 7.38. The molecule has 0 N–H and O–H groups in total. The van der Waals surface area contributed by atoms with Crippen molar-refractivity contribution in [3.8, 4) is 0 Å². The molecule has 1 unspecified atom stereocenters. The summed E-state index contributed by atoms with van der Waals surface area (Å²) < 4.78 is 0.0590. The maximum absolute atomic E-state index is 12.0. The van der Waals surface area contributed by atoms with Crippen LogP contribution in [0.4, 0.5) is 0 Å². The van der Waals surface area contributed by atoms with E-state index < -0.39 is 0 Å². The fraction of sp³-hybridized carbons (Fsp3) is 1.00. The van der Waals surface area contributed by atoms with Crippen LogP contribution in [0.25, 0.3) is 0 Å². The van der Waals surface area contributed by atoms with Crippen LogP contribution in [0.15, 0.2) is 0 Å². The summed E-state index contributed by atoms with van der Waals surface area (Å²) in [5, 5.41) is 12.0. The number of hydrogen-bond donors (Lipinski definition) is 0. The van der Waals surface area contributed by atoms with Crippen LogP contribution < -0.4 is 0 Å². The molecule has 0 aliphatic carbocycles. The molecule has 0 spiro atoms. The van der Waals surface area contributed by atoms with Gasteiger partial charge in [0, 0.05) is 11.5 Å². The van der Waals surface area contributed by atoms with Gasteiger partial charge in [0.15, 0.2) is 0 Å². The van der Waals surface area contributed by atoms with Gasteiger partial charge in [0.25, 0.3) is 0 Å². The van der Waals surface area contributed by atoms with Crippen molar-refractivity contribution in [1.82, 2.24) is 0 Å². The molecule has 0 amide bonds. The Bertz CT molecular complexity index is 123. The lowest BCUT2D eigenvalue weighted by atomic mass is 10.2. The average molecular weight is 175 g/mol. The third-order valence-corrected chi connectivity index (χ3v) is 3.56. The van der Waals surface area contributed by atoms with E-state index in [1.54, 1.807) is 0 Å². The summed E-state index contributed by atoms with van der Waals surface area (Å²) in [4.78, 5) is 0. The number of quaternary nitrogens is 1. The Labute approximate surface area is 73.1 Å². The maximum Gasteiger partial charge on any atom is 0.0878 e. The summed E-state index contributed by atoms with van der Waals surface area (Å²) >= 11 is 1.91. The highest BCUT2D eigenvalue weighted by Crippen LogP contribution is 2.21. The van der Waals surface area contributed by atoms with E-state index in [2.05, 4.69) is 13.8 Å². The first-order valence-electron chi connectivity index (χ1n) is 4.34. The molecule has 1 heterocycles. The molecule has 0 bridgehead atoms. The highest BCUT2D eigenvalue weighted by molar-refractivity contribution is 7.99. The van der Waals surface area contributed by atoms with Gasteiger partial charge < -0.3 is 9.85 Å². The third kappa shape index (κ3) is 2.10. The van der Waals surface area contributed by atoms with Crippen LogP contribution in [0.1, 0.15) is 20.3 Å². The summed E-state index contributed by atoms with van der Waals surface area (Å²) in [6.45, 7) is 5.81. The van der Waals surface area contributed by atoms with Crippen molar-refractivity contribution >= 4 is 11.8 Å². The molecular weight excluding hydrogens is 158 g/mol. The lowest BCUT2D eigenvalue weighted by molar-refractivity contribution is -0.900. The Kier molecular flexibility index (Phi) is 3.22. The van der Waals surface area contributed by atoms with E-state index in [4.69, 9.17) is 0 Å². The third-order valence-electron chi connectivity index (χ3n) is 2.62. The maximum atomic E-state index is 12.0. The van der Waals surface area contributed by atoms with Crippen molar-refractivity contribution in [2.75, 3.05) is 24.6 Å². The fourth-order valence-electron chi connectivity index (χ4n) is 1.43. The summed E-state index contributed by atoms with van der Waals surface area (Å²) in [6, 6.07) is 0.302. The van der Waals surface area contributed by atoms with Gasteiger partial charge in [0.2, 0.25) is 0 Å². The minimum atomic E-state index is 0.0590. The van der Waals surface area contributed by atoms with Crippen LogP contribution >= 0.6 is 11.8 Å². The van der Waals surface area contributed by atoms with Gasteiger partial charge in [-0.1, -0.05) is 6.92 Å². The molecule has 0 radical (unpaired) electrons. The first kappa shape index (κ1) is 9.36. The van der Waals surface area contributed by atoms with E-state index in [-0.39, 0.29) is 4.65 Å². The van der Waals surface area contributed by atoms with Crippen molar-refractivity contribution in [1.29, 1.82) is 0 Å². The topological polar surface area (TPSA) is 23.1 Å². The van der Waals surface area contributed by atoms with E-state index in [0.717, 1.165) is 31.0 Å².